The zero-order valence-electron chi connectivity index (χ0n) is 23.8. The summed E-state index contributed by atoms with van der Waals surface area (Å²) in [6.45, 7) is 6.94. The zero-order valence-corrected chi connectivity index (χ0v) is 23.8. The van der Waals surface area contributed by atoms with Gasteiger partial charge in [0.2, 0.25) is 0 Å². The van der Waals surface area contributed by atoms with Crippen molar-refractivity contribution in [1.82, 2.24) is 18.8 Å². The summed E-state index contributed by atoms with van der Waals surface area (Å²) >= 11 is 0. The van der Waals surface area contributed by atoms with Gasteiger partial charge in [0.1, 0.15) is 23.1 Å². The second-order valence-corrected chi connectivity index (χ2v) is 11.6. The molecule has 11 heteroatoms. The maximum atomic E-state index is 14.0. The van der Waals surface area contributed by atoms with E-state index in [9.17, 15) is 14.4 Å². The third-order valence-corrected chi connectivity index (χ3v) is 8.50. The normalized spacial score (nSPS) is 22.7. The monoisotopic (exact) mass is 574 g/mol. The summed E-state index contributed by atoms with van der Waals surface area (Å²) in [4.78, 5) is 42.3. The number of amides is 1. The molecule has 220 valence electrons. The van der Waals surface area contributed by atoms with Crippen LogP contribution in [0.2, 0.25) is 0 Å². The van der Waals surface area contributed by atoms with Crippen molar-refractivity contribution in [3.63, 3.8) is 0 Å². The molecular weight excluding hydrogens is 540 g/mol. The van der Waals surface area contributed by atoms with Crippen molar-refractivity contribution in [3.8, 4) is 17.2 Å². The zero-order chi connectivity index (χ0) is 29.0. The van der Waals surface area contributed by atoms with E-state index in [0.717, 1.165) is 30.4 Å². The van der Waals surface area contributed by atoms with E-state index in [0.29, 0.717) is 55.7 Å². The van der Waals surface area contributed by atoms with Crippen LogP contribution in [-0.4, -0.2) is 69.5 Å². The molecule has 2 aromatic carbocycles. The summed E-state index contributed by atoms with van der Waals surface area (Å²) in [5.41, 5.74) is 0.967. The summed E-state index contributed by atoms with van der Waals surface area (Å²) in [5.74, 6) is 1.13. The number of carbonyl (C=O) groups excluding carboxylic acids is 1. The minimum atomic E-state index is -0.720. The summed E-state index contributed by atoms with van der Waals surface area (Å²) in [7, 11) is 0. The van der Waals surface area contributed by atoms with Crippen LogP contribution < -0.4 is 20.9 Å². The molecule has 0 radical (unpaired) electrons. The summed E-state index contributed by atoms with van der Waals surface area (Å²) in [5, 5.41) is 0. The number of rotatable bonds is 4. The smallest absolute Gasteiger partial charge is 0.352 e. The molecule has 2 unspecified atom stereocenters. The van der Waals surface area contributed by atoms with Gasteiger partial charge in [0.05, 0.1) is 32.1 Å². The Labute approximate surface area is 242 Å². The van der Waals surface area contributed by atoms with Crippen molar-refractivity contribution in [2.75, 3.05) is 32.9 Å². The van der Waals surface area contributed by atoms with Crippen LogP contribution in [0.1, 0.15) is 55.1 Å². The fraction of sp³-hybridized carbons (Fsp3) is 0.452. The number of ether oxygens (including phenoxy) is 4. The average Bonchev–Trinajstić information content (AvgIpc) is 3.26. The van der Waals surface area contributed by atoms with Crippen molar-refractivity contribution >= 4 is 5.91 Å². The number of nitrogens with zero attached hydrogens (tertiary/aromatic N) is 4. The number of aromatic nitrogens is 3. The Morgan fingerprint density at radius 3 is 2.50 bits per heavy atom. The van der Waals surface area contributed by atoms with Crippen LogP contribution >= 0.6 is 0 Å². The largest absolute Gasteiger partial charge is 0.483 e. The minimum absolute atomic E-state index is 0.0987. The van der Waals surface area contributed by atoms with Crippen molar-refractivity contribution in [3.05, 3.63) is 86.2 Å². The highest BCUT2D eigenvalue weighted by molar-refractivity contribution is 5.94. The van der Waals surface area contributed by atoms with Crippen LogP contribution in [0.5, 0.6) is 11.5 Å². The molecular formula is C31H34N4O7. The Morgan fingerprint density at radius 2 is 1.76 bits per heavy atom. The number of allylic oxidation sites excluding steroid dienone is 1. The Morgan fingerprint density at radius 1 is 0.976 bits per heavy atom. The molecule has 0 spiro atoms. The van der Waals surface area contributed by atoms with Gasteiger partial charge in [0, 0.05) is 36.7 Å². The molecule has 0 aliphatic carbocycles. The quantitative estimate of drug-likeness (QED) is 0.441. The molecule has 1 aromatic heterocycles. The fourth-order valence-electron chi connectivity index (χ4n) is 6.33. The molecule has 7 rings (SSSR count). The highest BCUT2D eigenvalue weighted by Gasteiger charge is 2.44. The Bertz CT molecular complexity index is 1670. The predicted molar refractivity (Wildman–Crippen MR) is 153 cm³/mol. The Kier molecular flexibility index (Phi) is 6.58. The van der Waals surface area contributed by atoms with E-state index in [-0.39, 0.29) is 18.7 Å². The van der Waals surface area contributed by atoms with Gasteiger partial charge in [0.15, 0.2) is 6.29 Å². The minimum Gasteiger partial charge on any atom is -0.483 e. The third-order valence-electron chi connectivity index (χ3n) is 8.50. The number of hydrogen-bond donors (Lipinski definition) is 0. The molecule has 1 amide bonds. The molecule has 42 heavy (non-hydrogen) atoms. The molecule has 3 aromatic rings. The first kappa shape index (κ1) is 26.8. The lowest BCUT2D eigenvalue weighted by atomic mass is 9.83. The highest BCUT2D eigenvalue weighted by atomic mass is 16.7. The summed E-state index contributed by atoms with van der Waals surface area (Å²) in [6.07, 6.45) is 4.60. The van der Waals surface area contributed by atoms with E-state index >= 15 is 0 Å². The molecule has 0 N–H and O–H groups in total. The van der Waals surface area contributed by atoms with Crippen LogP contribution in [0.4, 0.5) is 0 Å². The molecule has 4 aliphatic heterocycles. The number of fused-ring (bicyclic) bond motifs is 5. The van der Waals surface area contributed by atoms with Crippen LogP contribution in [0.3, 0.4) is 0 Å². The molecule has 0 saturated carbocycles. The first-order valence-electron chi connectivity index (χ1n) is 14.6. The van der Waals surface area contributed by atoms with Gasteiger partial charge >= 0.3 is 11.4 Å². The number of benzene rings is 2. The topological polar surface area (TPSA) is 106 Å². The first-order valence-corrected chi connectivity index (χ1v) is 14.6. The van der Waals surface area contributed by atoms with Crippen LogP contribution in [-0.2, 0) is 16.0 Å². The van der Waals surface area contributed by atoms with Crippen molar-refractivity contribution in [1.29, 1.82) is 0 Å². The van der Waals surface area contributed by atoms with Crippen LogP contribution in [0.25, 0.3) is 5.69 Å². The molecule has 2 atom stereocenters. The second kappa shape index (κ2) is 10.3. The highest BCUT2D eigenvalue weighted by Crippen LogP contribution is 2.47. The van der Waals surface area contributed by atoms with E-state index in [4.69, 9.17) is 18.9 Å². The van der Waals surface area contributed by atoms with E-state index in [1.807, 2.05) is 38.1 Å². The van der Waals surface area contributed by atoms with Gasteiger partial charge in [-0.2, -0.15) is 0 Å². The van der Waals surface area contributed by atoms with Gasteiger partial charge in [-0.15, -0.1) is 0 Å². The van der Waals surface area contributed by atoms with Crippen molar-refractivity contribution in [2.45, 2.75) is 57.6 Å². The summed E-state index contributed by atoms with van der Waals surface area (Å²) < 4.78 is 27.8. The maximum Gasteiger partial charge on any atom is 0.352 e. The van der Waals surface area contributed by atoms with Gasteiger partial charge in [-0.1, -0.05) is 6.08 Å². The maximum absolute atomic E-state index is 14.0. The molecule has 2 fully saturated rings. The number of hydrogen-bond acceptors (Lipinski definition) is 7. The van der Waals surface area contributed by atoms with Crippen LogP contribution in [0.15, 0.2) is 63.7 Å². The van der Waals surface area contributed by atoms with Gasteiger partial charge in [-0.25, -0.2) is 23.5 Å². The van der Waals surface area contributed by atoms with E-state index in [1.165, 1.54) is 13.9 Å². The number of morpholine rings is 1. The molecule has 2 saturated heterocycles. The Hall–Kier alpha value is -4.09. The van der Waals surface area contributed by atoms with Crippen LogP contribution in [0, 0.1) is 0 Å². The standard InChI is InChI=1S/C31H34N4O7/c1-31(2)24-12-13-33-29(37)34(21-8-6-20(7-9-21)28(36)32-14-17-39-18-15-32)30(38)35(33)27(24)23-11-10-22(19-25(23)42-31)41-26-5-3-4-16-40-26/h6-12,19,26-27H,3-5,13-18H2,1-2H3. The first-order chi connectivity index (χ1) is 20.3. The fourth-order valence-corrected chi connectivity index (χ4v) is 6.33. The van der Waals surface area contributed by atoms with Gasteiger partial charge in [0.25, 0.3) is 5.91 Å². The van der Waals surface area contributed by atoms with Gasteiger partial charge in [-0.3, -0.25) is 4.79 Å². The lowest BCUT2D eigenvalue weighted by Crippen LogP contribution is -2.46. The van der Waals surface area contributed by atoms with E-state index < -0.39 is 23.0 Å². The van der Waals surface area contributed by atoms with Gasteiger partial charge in [-0.05, 0) is 68.7 Å². The molecule has 4 aliphatic rings. The molecule has 5 heterocycles. The third kappa shape index (κ3) is 4.47. The summed E-state index contributed by atoms with van der Waals surface area (Å²) in [6, 6.07) is 11.7. The van der Waals surface area contributed by atoms with Gasteiger partial charge < -0.3 is 23.8 Å². The molecule has 11 nitrogen and oxygen atoms in total. The van der Waals surface area contributed by atoms with E-state index in [1.54, 1.807) is 29.2 Å². The van der Waals surface area contributed by atoms with E-state index in [2.05, 4.69) is 0 Å². The SMILES string of the molecule is CC1(C)Oc2cc(OC3CCCCO3)ccc2C2C1=CCn1c(=O)n(-c3ccc(C(=O)N4CCOCC4)cc3)c(=O)n12. The van der Waals surface area contributed by atoms with Crippen molar-refractivity contribution < 1.29 is 23.7 Å². The predicted octanol–water partition coefficient (Wildman–Crippen LogP) is 2.88. The second-order valence-electron chi connectivity index (χ2n) is 11.6. The average molecular weight is 575 g/mol. The Balaban J connectivity index is 1.24. The lowest BCUT2D eigenvalue weighted by Gasteiger charge is -2.42. The number of carbonyl (C=O) groups is 1. The lowest BCUT2D eigenvalue weighted by molar-refractivity contribution is -0.106. The molecule has 0 bridgehead atoms. The van der Waals surface area contributed by atoms with Crippen molar-refractivity contribution in [2.24, 2.45) is 0 Å².